The number of nitrogens with one attached hydrogen (secondary N) is 1. The van der Waals surface area contributed by atoms with Gasteiger partial charge in [-0.3, -0.25) is 0 Å². The summed E-state index contributed by atoms with van der Waals surface area (Å²) in [5.41, 5.74) is 9.63. The summed E-state index contributed by atoms with van der Waals surface area (Å²) < 4.78 is 1.29. The number of benzene rings is 8. The van der Waals surface area contributed by atoms with Crippen molar-refractivity contribution in [2.75, 3.05) is 16.8 Å². The van der Waals surface area contributed by atoms with Crippen LogP contribution < -0.4 is 10.2 Å². The van der Waals surface area contributed by atoms with Crippen LogP contribution in [0.15, 0.2) is 176 Å². The Morgan fingerprint density at radius 3 is 1.86 bits per heavy atom. The Hall–Kier alpha value is -6.16. The second-order valence-electron chi connectivity index (χ2n) is 12.9. The molecule has 236 valence electrons. The molecule has 0 amide bonds. The fraction of sp³-hybridized carbons (Fsp3) is 0.0213. The maximum atomic E-state index is 3.66. The molecule has 2 nitrogen and oxygen atoms in total. The van der Waals surface area contributed by atoms with Crippen molar-refractivity contribution in [1.29, 1.82) is 0 Å². The van der Waals surface area contributed by atoms with Gasteiger partial charge in [-0.2, -0.15) is 0 Å². The zero-order valence-electron chi connectivity index (χ0n) is 27.3. The molecule has 0 fully saturated rings. The fourth-order valence-electron chi connectivity index (χ4n) is 7.74. The third-order valence-corrected chi connectivity index (χ3v) is 11.2. The molecule has 50 heavy (non-hydrogen) atoms. The molecule has 0 bridgehead atoms. The Balaban J connectivity index is 1.12. The van der Waals surface area contributed by atoms with Gasteiger partial charge < -0.3 is 10.2 Å². The highest BCUT2D eigenvalue weighted by Gasteiger charge is 2.25. The first-order chi connectivity index (χ1) is 24.8. The van der Waals surface area contributed by atoms with Gasteiger partial charge in [-0.05, 0) is 97.0 Å². The van der Waals surface area contributed by atoms with Gasteiger partial charge in [0.2, 0.25) is 0 Å². The van der Waals surface area contributed by atoms with Crippen LogP contribution in [0.4, 0.5) is 16.4 Å². The van der Waals surface area contributed by atoms with Crippen molar-refractivity contribution in [2.45, 2.75) is 0 Å². The van der Waals surface area contributed by atoms with Crippen molar-refractivity contribution in [2.24, 2.45) is 0 Å². The van der Waals surface area contributed by atoms with Crippen molar-refractivity contribution >= 4 is 75.8 Å². The maximum Gasteiger partial charge on any atom is 0.0992 e. The van der Waals surface area contributed by atoms with Crippen LogP contribution in [-0.2, 0) is 0 Å². The zero-order valence-corrected chi connectivity index (χ0v) is 28.1. The molecule has 0 saturated carbocycles. The summed E-state index contributed by atoms with van der Waals surface area (Å²) in [5.74, 6) is 0. The summed E-state index contributed by atoms with van der Waals surface area (Å²) in [6.07, 6.45) is 2.33. The van der Waals surface area contributed by atoms with E-state index < -0.39 is 0 Å². The fourth-order valence-corrected chi connectivity index (χ4v) is 8.86. The standard InChI is InChI=1S/C47H32N2S/c1-2-10-31(11-3-1)32-20-24-36(25-21-32)49(43-28-29-48-47-46(43)41-16-8-9-17-44(41)50-47)37-26-22-34(23-27-37)42-30-35-19-18-33-12-4-5-13-38(33)45(35)40-15-7-6-14-39(40)42/h1-28,30,48H,29H2. The topological polar surface area (TPSA) is 15.3 Å². The number of fused-ring (bicyclic) bond motifs is 8. The van der Waals surface area contributed by atoms with Gasteiger partial charge in [0.05, 0.1) is 10.7 Å². The predicted octanol–water partition coefficient (Wildman–Crippen LogP) is 13.3. The number of hydrogen-bond acceptors (Lipinski definition) is 3. The van der Waals surface area contributed by atoms with E-state index in [4.69, 9.17) is 0 Å². The minimum atomic E-state index is 0.781. The van der Waals surface area contributed by atoms with Crippen molar-refractivity contribution in [3.05, 3.63) is 181 Å². The summed E-state index contributed by atoms with van der Waals surface area (Å²) in [5, 5.41) is 13.9. The number of anilines is 3. The van der Waals surface area contributed by atoms with E-state index in [1.807, 2.05) is 11.3 Å². The first kappa shape index (κ1) is 28.8. The monoisotopic (exact) mass is 656 g/mol. The average molecular weight is 657 g/mol. The van der Waals surface area contributed by atoms with E-state index in [0.717, 1.165) is 17.9 Å². The van der Waals surface area contributed by atoms with Crippen molar-refractivity contribution in [1.82, 2.24) is 0 Å². The van der Waals surface area contributed by atoms with Gasteiger partial charge in [0.15, 0.2) is 0 Å². The summed E-state index contributed by atoms with van der Waals surface area (Å²) in [6.45, 7) is 0.781. The third-order valence-electron chi connectivity index (χ3n) is 10.1. The van der Waals surface area contributed by atoms with Gasteiger partial charge in [-0.1, -0.05) is 133 Å². The van der Waals surface area contributed by atoms with Crippen LogP contribution in [-0.4, -0.2) is 6.54 Å². The summed E-state index contributed by atoms with van der Waals surface area (Å²) in [7, 11) is 0. The van der Waals surface area contributed by atoms with Crippen LogP contribution in [0, 0.1) is 0 Å². The van der Waals surface area contributed by atoms with E-state index >= 15 is 0 Å². The van der Waals surface area contributed by atoms with Crippen molar-refractivity contribution < 1.29 is 0 Å². The molecule has 0 atom stereocenters. The van der Waals surface area contributed by atoms with Crippen molar-refractivity contribution in [3.8, 4) is 22.3 Å². The predicted molar refractivity (Wildman–Crippen MR) is 217 cm³/mol. The molecule has 1 aliphatic rings. The molecule has 0 radical (unpaired) electrons. The number of nitrogens with zero attached hydrogens (tertiary/aromatic N) is 1. The summed E-state index contributed by atoms with van der Waals surface area (Å²) in [6, 6.07) is 62.0. The zero-order chi connectivity index (χ0) is 33.0. The smallest absolute Gasteiger partial charge is 0.0992 e. The minimum Gasteiger partial charge on any atom is -0.373 e. The molecule has 1 N–H and O–H groups in total. The molecule has 1 aromatic heterocycles. The van der Waals surface area contributed by atoms with Crippen LogP contribution in [0.25, 0.3) is 70.4 Å². The van der Waals surface area contributed by atoms with Crippen LogP contribution in [0.2, 0.25) is 0 Å². The molecule has 1 aliphatic heterocycles. The van der Waals surface area contributed by atoms with E-state index in [2.05, 4.69) is 186 Å². The Labute approximate surface area is 295 Å². The number of rotatable bonds is 5. The Morgan fingerprint density at radius 1 is 0.480 bits per heavy atom. The molecule has 2 heterocycles. The van der Waals surface area contributed by atoms with Gasteiger partial charge in [0.1, 0.15) is 0 Å². The highest BCUT2D eigenvalue weighted by molar-refractivity contribution is 7.23. The van der Waals surface area contributed by atoms with Gasteiger partial charge >= 0.3 is 0 Å². The van der Waals surface area contributed by atoms with E-state index in [1.165, 1.54) is 80.9 Å². The molecular weight excluding hydrogens is 625 g/mol. The highest BCUT2D eigenvalue weighted by atomic mass is 32.1. The third kappa shape index (κ3) is 4.70. The number of hydrogen-bond donors (Lipinski definition) is 1. The molecule has 8 aromatic carbocycles. The second kappa shape index (κ2) is 11.8. The lowest BCUT2D eigenvalue weighted by Crippen LogP contribution is -2.20. The molecule has 0 spiro atoms. The number of thiophene rings is 1. The Kier molecular flexibility index (Phi) is 6.78. The summed E-state index contributed by atoms with van der Waals surface area (Å²) in [4.78, 5) is 2.43. The van der Waals surface area contributed by atoms with E-state index in [9.17, 15) is 0 Å². The quantitative estimate of drug-likeness (QED) is 0.186. The van der Waals surface area contributed by atoms with E-state index in [1.54, 1.807) is 0 Å². The minimum absolute atomic E-state index is 0.781. The van der Waals surface area contributed by atoms with Crippen LogP contribution >= 0.6 is 11.3 Å². The van der Waals surface area contributed by atoms with Gasteiger partial charge in [-0.25, -0.2) is 0 Å². The molecule has 3 heteroatoms. The molecular formula is C47H32N2S. The highest BCUT2D eigenvalue weighted by Crippen LogP contribution is 2.47. The van der Waals surface area contributed by atoms with Crippen LogP contribution in [0.3, 0.4) is 0 Å². The molecule has 0 aliphatic carbocycles. The lowest BCUT2D eigenvalue weighted by molar-refractivity contribution is 1.24. The van der Waals surface area contributed by atoms with Gasteiger partial charge in [0, 0.05) is 33.6 Å². The summed E-state index contributed by atoms with van der Waals surface area (Å²) >= 11 is 1.83. The van der Waals surface area contributed by atoms with Gasteiger partial charge in [0.25, 0.3) is 0 Å². The maximum absolute atomic E-state index is 3.66. The Morgan fingerprint density at radius 2 is 1.08 bits per heavy atom. The van der Waals surface area contributed by atoms with Crippen molar-refractivity contribution in [3.63, 3.8) is 0 Å². The largest absolute Gasteiger partial charge is 0.373 e. The molecule has 0 unspecified atom stereocenters. The molecule has 10 rings (SSSR count). The van der Waals surface area contributed by atoms with Gasteiger partial charge in [-0.15, -0.1) is 11.3 Å². The average Bonchev–Trinajstić information content (AvgIpc) is 3.58. The van der Waals surface area contributed by atoms with Crippen LogP contribution in [0.5, 0.6) is 0 Å². The molecule has 9 aromatic rings. The Bertz CT molecular complexity index is 2740. The first-order valence-corrected chi connectivity index (χ1v) is 18.0. The molecule has 0 saturated heterocycles. The lowest BCUT2D eigenvalue weighted by Gasteiger charge is -2.31. The van der Waals surface area contributed by atoms with E-state index in [-0.39, 0.29) is 0 Å². The lowest BCUT2D eigenvalue weighted by atomic mass is 9.90. The van der Waals surface area contributed by atoms with Crippen LogP contribution in [0.1, 0.15) is 5.56 Å². The normalized spacial score (nSPS) is 12.6. The SMILES string of the molecule is C1=C(N(c2ccc(-c3ccccc3)cc2)c2ccc(-c3cc4ccc5ccccc5c4c4ccccc34)cc2)c2c(sc3ccccc23)NC1. The first-order valence-electron chi connectivity index (χ1n) is 17.2. The second-order valence-corrected chi connectivity index (χ2v) is 14.0. The van der Waals surface area contributed by atoms with E-state index in [0.29, 0.717) is 0 Å².